The molecule has 0 aromatic heterocycles. The topological polar surface area (TPSA) is 63.2 Å². The van der Waals surface area contributed by atoms with E-state index in [9.17, 15) is 13.6 Å². The van der Waals surface area contributed by atoms with Crippen molar-refractivity contribution in [3.05, 3.63) is 59.0 Å². The van der Waals surface area contributed by atoms with Crippen LogP contribution < -0.4 is 14.8 Å². The summed E-state index contributed by atoms with van der Waals surface area (Å²) in [6, 6.07) is 11.7. The molecule has 2 aromatic rings. The highest BCUT2D eigenvalue weighted by atomic mass is 32.2. The number of amidine groups is 1. The van der Waals surface area contributed by atoms with E-state index < -0.39 is 6.61 Å². The van der Waals surface area contributed by atoms with E-state index in [1.807, 2.05) is 24.3 Å². The molecule has 162 valence electrons. The number of fused-ring (bicyclic) bond motifs is 1. The van der Waals surface area contributed by atoms with Gasteiger partial charge in [0, 0.05) is 29.7 Å². The number of carbonyl (C=O) groups is 1. The highest BCUT2D eigenvalue weighted by molar-refractivity contribution is 8.16. The highest BCUT2D eigenvalue weighted by Gasteiger charge is 2.25. The number of nitrogens with zero attached hydrogens (tertiary/aromatic N) is 2. The summed E-state index contributed by atoms with van der Waals surface area (Å²) in [5.41, 5.74) is 3.05. The second-order valence-electron chi connectivity index (χ2n) is 6.79. The Morgan fingerprint density at radius 1 is 1.23 bits per heavy atom. The largest absolute Gasteiger partial charge is 0.490 e. The number of rotatable bonds is 7. The summed E-state index contributed by atoms with van der Waals surface area (Å²) in [5, 5.41) is 5.94. The Morgan fingerprint density at radius 3 is 2.77 bits per heavy atom. The third kappa shape index (κ3) is 4.82. The van der Waals surface area contributed by atoms with Gasteiger partial charge in [-0.3, -0.25) is 9.79 Å². The molecule has 2 aliphatic heterocycles. The minimum absolute atomic E-state index is 0.0930. The minimum atomic E-state index is -2.97. The maximum Gasteiger partial charge on any atom is 0.387 e. The number of benzene rings is 2. The summed E-state index contributed by atoms with van der Waals surface area (Å²) < 4.78 is 34.9. The smallest absolute Gasteiger partial charge is 0.387 e. The van der Waals surface area contributed by atoms with Crippen molar-refractivity contribution in [3.63, 3.8) is 0 Å². The Labute approximate surface area is 182 Å². The van der Waals surface area contributed by atoms with Gasteiger partial charge in [0.05, 0.1) is 12.3 Å². The molecule has 0 spiro atoms. The van der Waals surface area contributed by atoms with E-state index in [0.29, 0.717) is 5.69 Å². The van der Waals surface area contributed by atoms with Crippen molar-refractivity contribution in [3.8, 4) is 11.5 Å². The zero-order valence-electron chi connectivity index (χ0n) is 16.8. The normalized spacial score (nSPS) is 15.3. The summed E-state index contributed by atoms with van der Waals surface area (Å²) in [7, 11) is 0. The number of anilines is 1. The van der Waals surface area contributed by atoms with Crippen molar-refractivity contribution < 1.29 is 23.0 Å². The van der Waals surface area contributed by atoms with E-state index in [4.69, 9.17) is 4.74 Å². The fourth-order valence-electron chi connectivity index (χ4n) is 3.34. The molecule has 0 radical (unpaired) electrons. The van der Waals surface area contributed by atoms with Gasteiger partial charge in [-0.2, -0.15) is 8.78 Å². The molecule has 2 aliphatic rings. The van der Waals surface area contributed by atoms with Crippen molar-refractivity contribution in [2.45, 2.75) is 20.0 Å². The van der Waals surface area contributed by atoms with Gasteiger partial charge >= 0.3 is 6.61 Å². The quantitative estimate of drug-likeness (QED) is 0.647. The first-order valence-corrected chi connectivity index (χ1v) is 10.8. The second-order valence-corrected chi connectivity index (χ2v) is 7.63. The van der Waals surface area contributed by atoms with Gasteiger partial charge in [-0.05, 0) is 49.2 Å². The van der Waals surface area contributed by atoms with Crippen LogP contribution in [0.3, 0.4) is 0 Å². The van der Waals surface area contributed by atoms with Crippen LogP contribution >= 0.6 is 11.8 Å². The number of ether oxygens (including phenoxy) is 2. The SMILES string of the molecule is CCOc1cc(C(=O)Nc2ccc(C3=CSC4=NCCCN34)cc2)ccc1OC(F)F. The molecule has 0 aliphatic carbocycles. The van der Waals surface area contributed by atoms with E-state index in [0.717, 1.165) is 35.9 Å². The number of amides is 1. The maximum absolute atomic E-state index is 12.6. The van der Waals surface area contributed by atoms with E-state index >= 15 is 0 Å². The van der Waals surface area contributed by atoms with Crippen molar-refractivity contribution >= 4 is 34.2 Å². The van der Waals surface area contributed by atoms with Gasteiger partial charge in [-0.25, -0.2) is 0 Å². The number of alkyl halides is 2. The molecule has 1 amide bonds. The molecule has 0 bridgehead atoms. The molecule has 2 heterocycles. The lowest BCUT2D eigenvalue weighted by Gasteiger charge is -2.25. The van der Waals surface area contributed by atoms with Crippen LogP contribution in [0.5, 0.6) is 11.5 Å². The van der Waals surface area contributed by atoms with Crippen molar-refractivity contribution in [1.82, 2.24) is 4.90 Å². The number of hydrogen-bond donors (Lipinski definition) is 1. The highest BCUT2D eigenvalue weighted by Crippen LogP contribution is 2.35. The molecule has 0 saturated carbocycles. The van der Waals surface area contributed by atoms with Crippen LogP contribution in [0.2, 0.25) is 0 Å². The van der Waals surface area contributed by atoms with Gasteiger partial charge < -0.3 is 19.7 Å². The Morgan fingerprint density at radius 2 is 2.03 bits per heavy atom. The Balaban J connectivity index is 1.46. The molecule has 9 heteroatoms. The molecular weight excluding hydrogens is 424 g/mol. The number of thioether (sulfide) groups is 1. The lowest BCUT2D eigenvalue weighted by molar-refractivity contribution is -0.0514. The third-order valence-electron chi connectivity index (χ3n) is 4.74. The molecule has 2 aromatic carbocycles. The molecule has 0 fully saturated rings. The molecular formula is C22H21F2N3O3S. The van der Waals surface area contributed by atoms with Gasteiger partial charge in [0.25, 0.3) is 5.91 Å². The van der Waals surface area contributed by atoms with E-state index in [-0.39, 0.29) is 29.6 Å². The third-order valence-corrected chi connectivity index (χ3v) is 5.65. The standard InChI is InChI=1S/C22H21F2N3O3S/c1-2-29-19-12-15(6-9-18(19)30-21(23)24)20(28)26-16-7-4-14(5-8-16)17-13-31-22-25-10-3-11-27(17)22/h4-9,12-13,21H,2-3,10-11H2,1H3,(H,26,28). The van der Waals surface area contributed by atoms with Crippen LogP contribution in [0.4, 0.5) is 14.5 Å². The van der Waals surface area contributed by atoms with Crippen LogP contribution in [0.1, 0.15) is 29.3 Å². The summed E-state index contributed by atoms with van der Waals surface area (Å²) in [4.78, 5) is 19.4. The zero-order valence-corrected chi connectivity index (χ0v) is 17.6. The van der Waals surface area contributed by atoms with Gasteiger partial charge in [0.1, 0.15) is 0 Å². The van der Waals surface area contributed by atoms with Crippen LogP contribution in [-0.2, 0) is 0 Å². The van der Waals surface area contributed by atoms with Crippen molar-refractivity contribution in [2.75, 3.05) is 25.0 Å². The molecule has 0 atom stereocenters. The van der Waals surface area contributed by atoms with Crippen molar-refractivity contribution in [1.29, 1.82) is 0 Å². The second kappa shape index (κ2) is 9.38. The van der Waals surface area contributed by atoms with Crippen molar-refractivity contribution in [2.24, 2.45) is 4.99 Å². The minimum Gasteiger partial charge on any atom is -0.490 e. The fraction of sp³-hybridized carbons (Fsp3) is 0.273. The molecule has 1 N–H and O–H groups in total. The Bertz CT molecular complexity index is 1030. The van der Waals surface area contributed by atoms with Crippen LogP contribution in [-0.4, -0.2) is 42.3 Å². The summed E-state index contributed by atoms with van der Waals surface area (Å²) >= 11 is 1.63. The average Bonchev–Trinajstić information content (AvgIpc) is 3.19. The number of hydrogen-bond acceptors (Lipinski definition) is 6. The molecule has 0 unspecified atom stereocenters. The zero-order chi connectivity index (χ0) is 21.8. The van der Waals surface area contributed by atoms with Crippen LogP contribution in [0.25, 0.3) is 5.70 Å². The number of halogens is 2. The van der Waals surface area contributed by atoms with E-state index in [1.54, 1.807) is 18.7 Å². The molecule has 4 rings (SSSR count). The van der Waals surface area contributed by atoms with Gasteiger partial charge in [0.15, 0.2) is 16.7 Å². The average molecular weight is 445 g/mol. The molecule has 31 heavy (non-hydrogen) atoms. The van der Waals surface area contributed by atoms with E-state index in [2.05, 4.69) is 25.4 Å². The summed E-state index contributed by atoms with van der Waals surface area (Å²) in [6.45, 7) is 0.814. The summed E-state index contributed by atoms with van der Waals surface area (Å²) in [5.74, 6) is -0.394. The number of carbonyl (C=O) groups excluding carboxylic acids is 1. The monoisotopic (exact) mass is 445 g/mol. The predicted octanol–water partition coefficient (Wildman–Crippen LogP) is 5.05. The molecule has 6 nitrogen and oxygen atoms in total. The Kier molecular flexibility index (Phi) is 6.41. The maximum atomic E-state index is 12.6. The first kappa shape index (κ1) is 21.2. The van der Waals surface area contributed by atoms with E-state index in [1.165, 1.54) is 18.2 Å². The van der Waals surface area contributed by atoms with Gasteiger partial charge in [0.2, 0.25) is 0 Å². The Hall–Kier alpha value is -3.07. The molecule has 0 saturated heterocycles. The van der Waals surface area contributed by atoms with Gasteiger partial charge in [-0.1, -0.05) is 23.9 Å². The number of nitrogens with one attached hydrogen (secondary N) is 1. The first-order chi connectivity index (χ1) is 15.0. The van der Waals surface area contributed by atoms with Crippen LogP contribution in [0, 0.1) is 0 Å². The lowest BCUT2D eigenvalue weighted by atomic mass is 10.1. The van der Waals surface area contributed by atoms with Crippen LogP contribution in [0.15, 0.2) is 52.9 Å². The predicted molar refractivity (Wildman–Crippen MR) is 118 cm³/mol. The first-order valence-electron chi connectivity index (χ1n) is 9.87. The van der Waals surface area contributed by atoms with Gasteiger partial charge in [-0.15, -0.1) is 0 Å². The fourth-order valence-corrected chi connectivity index (χ4v) is 4.31. The lowest BCUT2D eigenvalue weighted by Crippen LogP contribution is -2.28. The number of aliphatic imine (C=N–C) groups is 1. The summed E-state index contributed by atoms with van der Waals surface area (Å²) in [6.07, 6.45) is 1.03.